The van der Waals surface area contributed by atoms with Crippen LogP contribution in [0.15, 0.2) is 0 Å². The molecule has 0 heterocycles. The smallest absolute Gasteiger partial charge is 0.00773 e. The van der Waals surface area contributed by atoms with E-state index in [0.29, 0.717) is 0 Å². The van der Waals surface area contributed by atoms with Gasteiger partial charge in [-0.3, -0.25) is 0 Å². The van der Waals surface area contributed by atoms with Gasteiger partial charge >= 0.3 is 0 Å². The Morgan fingerprint density at radius 3 is 0.475 bits per heavy atom. The molecule has 2 heteroatoms. The first-order valence-electron chi connectivity index (χ1n) is 19.1. The third-order valence-electron chi connectivity index (χ3n) is 9.06. The van der Waals surface area contributed by atoms with Crippen LogP contribution in [0, 0.1) is 0 Å². The van der Waals surface area contributed by atoms with Gasteiger partial charge < -0.3 is 5.73 Å². The van der Waals surface area contributed by atoms with E-state index in [9.17, 15) is 0 Å². The van der Waals surface area contributed by atoms with Gasteiger partial charge in [0.2, 0.25) is 0 Å². The van der Waals surface area contributed by atoms with E-state index in [1.165, 1.54) is 231 Å². The minimum atomic E-state index is 0. The molecular formula is C38H80BrN. The zero-order valence-corrected chi connectivity index (χ0v) is 29.9. The van der Waals surface area contributed by atoms with Crippen LogP contribution < -0.4 is 5.73 Å². The van der Waals surface area contributed by atoms with Crippen LogP contribution in [-0.2, 0) is 0 Å². The summed E-state index contributed by atoms with van der Waals surface area (Å²) in [6.45, 7) is 3.18. The molecule has 244 valence electrons. The van der Waals surface area contributed by atoms with Crippen molar-refractivity contribution < 1.29 is 0 Å². The zero-order chi connectivity index (χ0) is 28.2. The Labute approximate surface area is 266 Å². The Bertz CT molecular complexity index is 363. The average Bonchev–Trinajstić information content (AvgIpc) is 2.95. The van der Waals surface area contributed by atoms with E-state index in [2.05, 4.69) is 6.92 Å². The maximum Gasteiger partial charge on any atom is -0.00773 e. The summed E-state index contributed by atoms with van der Waals surface area (Å²) in [6.07, 6.45) is 52.8. The van der Waals surface area contributed by atoms with E-state index in [0.717, 1.165) is 6.54 Å². The van der Waals surface area contributed by atoms with Crippen LogP contribution in [-0.4, -0.2) is 6.54 Å². The lowest BCUT2D eigenvalue weighted by Crippen LogP contribution is -1.97. The molecule has 0 bridgehead atoms. The van der Waals surface area contributed by atoms with E-state index >= 15 is 0 Å². The highest BCUT2D eigenvalue weighted by molar-refractivity contribution is 8.93. The Morgan fingerprint density at radius 1 is 0.225 bits per heavy atom. The molecule has 0 aliphatic carbocycles. The maximum absolute atomic E-state index is 5.55. The predicted molar refractivity (Wildman–Crippen MR) is 191 cm³/mol. The van der Waals surface area contributed by atoms with Crippen molar-refractivity contribution in [3.05, 3.63) is 0 Å². The van der Waals surface area contributed by atoms with Gasteiger partial charge in [0.05, 0.1) is 0 Å². The van der Waals surface area contributed by atoms with E-state index in [-0.39, 0.29) is 17.0 Å². The molecule has 0 aliphatic rings. The number of hydrogen-bond donors (Lipinski definition) is 1. The summed E-state index contributed by atoms with van der Waals surface area (Å²) in [5, 5.41) is 0. The molecule has 0 atom stereocenters. The highest BCUT2D eigenvalue weighted by Crippen LogP contribution is 2.17. The van der Waals surface area contributed by atoms with Crippen LogP contribution >= 0.6 is 17.0 Å². The topological polar surface area (TPSA) is 26.0 Å². The van der Waals surface area contributed by atoms with Crippen molar-refractivity contribution in [2.24, 2.45) is 5.73 Å². The van der Waals surface area contributed by atoms with Crippen molar-refractivity contribution in [3.8, 4) is 0 Å². The third-order valence-corrected chi connectivity index (χ3v) is 9.06. The van der Waals surface area contributed by atoms with Crippen LogP contribution in [0.4, 0.5) is 0 Å². The summed E-state index contributed by atoms with van der Waals surface area (Å²) >= 11 is 0. The molecule has 0 aromatic rings. The van der Waals surface area contributed by atoms with Crippen LogP contribution in [0.3, 0.4) is 0 Å². The molecule has 0 spiro atoms. The fourth-order valence-electron chi connectivity index (χ4n) is 6.23. The van der Waals surface area contributed by atoms with Crippen LogP contribution in [0.5, 0.6) is 0 Å². The maximum atomic E-state index is 5.55. The zero-order valence-electron chi connectivity index (χ0n) is 28.1. The molecular weight excluding hydrogens is 550 g/mol. The first-order valence-corrected chi connectivity index (χ1v) is 19.1. The highest BCUT2D eigenvalue weighted by atomic mass is 79.9. The number of rotatable bonds is 36. The van der Waals surface area contributed by atoms with Crippen molar-refractivity contribution in [3.63, 3.8) is 0 Å². The van der Waals surface area contributed by atoms with Gasteiger partial charge in [-0.15, -0.1) is 17.0 Å². The van der Waals surface area contributed by atoms with Crippen LogP contribution in [0.2, 0.25) is 0 Å². The number of unbranched alkanes of at least 4 members (excludes halogenated alkanes) is 35. The summed E-state index contributed by atoms with van der Waals surface area (Å²) in [4.78, 5) is 0. The summed E-state index contributed by atoms with van der Waals surface area (Å²) in [5.41, 5.74) is 5.55. The lowest BCUT2D eigenvalue weighted by molar-refractivity contribution is 0.510. The Kier molecular flexibility index (Phi) is 44.2. The van der Waals surface area contributed by atoms with Crippen molar-refractivity contribution in [1.29, 1.82) is 0 Å². The number of nitrogens with two attached hydrogens (primary N) is 1. The van der Waals surface area contributed by atoms with Gasteiger partial charge in [-0.05, 0) is 13.0 Å². The summed E-state index contributed by atoms with van der Waals surface area (Å²) in [7, 11) is 0. The molecule has 0 aliphatic heterocycles. The fourth-order valence-corrected chi connectivity index (χ4v) is 6.23. The molecule has 0 radical (unpaired) electrons. The van der Waals surface area contributed by atoms with Crippen molar-refractivity contribution in [2.75, 3.05) is 6.54 Å². The number of hydrogen-bond acceptors (Lipinski definition) is 1. The van der Waals surface area contributed by atoms with Gasteiger partial charge in [-0.1, -0.05) is 232 Å². The first kappa shape index (κ1) is 42.6. The van der Waals surface area contributed by atoms with Gasteiger partial charge in [-0.25, -0.2) is 0 Å². The minimum absolute atomic E-state index is 0. The molecule has 1 nitrogen and oxygen atoms in total. The van der Waals surface area contributed by atoms with E-state index in [1.807, 2.05) is 0 Å². The lowest BCUT2D eigenvalue weighted by Gasteiger charge is -2.05. The second-order valence-electron chi connectivity index (χ2n) is 13.2. The normalized spacial score (nSPS) is 11.2. The molecule has 0 unspecified atom stereocenters. The van der Waals surface area contributed by atoms with Gasteiger partial charge in [0.1, 0.15) is 0 Å². The number of halogens is 1. The van der Waals surface area contributed by atoms with E-state index in [4.69, 9.17) is 5.73 Å². The Morgan fingerprint density at radius 2 is 0.350 bits per heavy atom. The minimum Gasteiger partial charge on any atom is -0.330 e. The summed E-state index contributed by atoms with van der Waals surface area (Å²) in [5.74, 6) is 0. The second-order valence-corrected chi connectivity index (χ2v) is 13.2. The molecule has 0 saturated heterocycles. The second kappa shape index (κ2) is 41.6. The quantitative estimate of drug-likeness (QED) is 0.0685. The predicted octanol–water partition coefficient (Wildman–Crippen LogP) is 14.6. The summed E-state index contributed by atoms with van der Waals surface area (Å²) < 4.78 is 0. The van der Waals surface area contributed by atoms with Crippen LogP contribution in [0.1, 0.15) is 238 Å². The van der Waals surface area contributed by atoms with Crippen molar-refractivity contribution in [2.45, 2.75) is 238 Å². The Balaban J connectivity index is 0. The molecule has 2 N–H and O–H groups in total. The van der Waals surface area contributed by atoms with Gasteiger partial charge in [0.15, 0.2) is 0 Å². The third kappa shape index (κ3) is 40.6. The first-order chi connectivity index (χ1) is 19.4. The SMILES string of the molecule is Br.CCCCCCCCCCCCCCCCCCCCCCCCCCCCCCCCCCCCCCN. The van der Waals surface area contributed by atoms with Crippen LogP contribution in [0.25, 0.3) is 0 Å². The van der Waals surface area contributed by atoms with E-state index < -0.39 is 0 Å². The van der Waals surface area contributed by atoms with Crippen molar-refractivity contribution in [1.82, 2.24) is 0 Å². The van der Waals surface area contributed by atoms with Gasteiger partial charge in [-0.2, -0.15) is 0 Å². The fraction of sp³-hybridized carbons (Fsp3) is 1.00. The molecule has 0 rings (SSSR count). The summed E-state index contributed by atoms with van der Waals surface area (Å²) in [6, 6.07) is 0. The van der Waals surface area contributed by atoms with Gasteiger partial charge in [0, 0.05) is 0 Å². The molecule has 0 saturated carbocycles. The van der Waals surface area contributed by atoms with Crippen molar-refractivity contribution >= 4 is 17.0 Å². The molecule has 0 aromatic heterocycles. The molecule has 0 amide bonds. The lowest BCUT2D eigenvalue weighted by atomic mass is 10.0. The van der Waals surface area contributed by atoms with Gasteiger partial charge in [0.25, 0.3) is 0 Å². The standard InChI is InChI=1S/C38H79N.BrH/c1-2-3-4-5-6-7-8-9-10-11-12-13-14-15-16-17-18-19-20-21-22-23-24-25-26-27-28-29-30-31-32-33-34-35-36-37-38-39;/h2-39H2,1H3;1H. The monoisotopic (exact) mass is 630 g/mol. The highest BCUT2D eigenvalue weighted by Gasteiger charge is 1.97. The largest absolute Gasteiger partial charge is 0.330 e. The molecule has 40 heavy (non-hydrogen) atoms. The molecule has 0 fully saturated rings. The molecule has 0 aromatic carbocycles. The average molecular weight is 631 g/mol. The Hall–Kier alpha value is 0.440. The van der Waals surface area contributed by atoms with E-state index in [1.54, 1.807) is 0 Å².